The second-order valence-electron chi connectivity index (χ2n) is 5.44. The van der Waals surface area contributed by atoms with Crippen LogP contribution in [0.25, 0.3) is 0 Å². The van der Waals surface area contributed by atoms with Gasteiger partial charge in [-0.15, -0.1) is 0 Å². The number of aliphatic hydroxyl groups is 1. The van der Waals surface area contributed by atoms with Crippen LogP contribution in [-0.2, 0) is 28.9 Å². The molecule has 0 spiro atoms. The number of carbonyl (C=O) groups is 1. The minimum Gasteiger partial charge on any atom is -0.465 e. The number of esters is 1. The lowest BCUT2D eigenvalue weighted by molar-refractivity contribution is -0.142. The van der Waals surface area contributed by atoms with Gasteiger partial charge in [0.2, 0.25) is 0 Å². The van der Waals surface area contributed by atoms with Crippen LogP contribution < -0.4 is 0 Å². The molecule has 0 amide bonds. The zero-order valence-corrected chi connectivity index (χ0v) is 15.1. The molecule has 0 fully saturated rings. The maximum atomic E-state index is 13.2. The first-order chi connectivity index (χ1) is 12.3. The van der Waals surface area contributed by atoms with Crippen LogP contribution in [0.1, 0.15) is 30.7 Å². The van der Waals surface area contributed by atoms with Crippen LogP contribution in [-0.4, -0.2) is 32.5 Å². The molecule has 0 aliphatic carbocycles. The van der Waals surface area contributed by atoms with Crippen molar-refractivity contribution >= 4 is 17.7 Å². The van der Waals surface area contributed by atoms with Gasteiger partial charge in [0.05, 0.1) is 37.2 Å². The number of hydrogen-bond donors (Lipinski definition) is 1. The van der Waals surface area contributed by atoms with E-state index in [1.807, 2.05) is 0 Å². The number of benzene rings is 1. The molecule has 0 radical (unpaired) electrons. The molecule has 142 valence electrons. The van der Waals surface area contributed by atoms with E-state index in [1.54, 1.807) is 13.8 Å². The summed E-state index contributed by atoms with van der Waals surface area (Å²) in [5, 5.41) is 9.24. The maximum absolute atomic E-state index is 13.2. The van der Waals surface area contributed by atoms with Gasteiger partial charge in [-0.3, -0.25) is 4.79 Å². The van der Waals surface area contributed by atoms with E-state index in [9.17, 15) is 23.1 Å². The number of thioether (sulfide) groups is 1. The van der Waals surface area contributed by atoms with Crippen molar-refractivity contribution in [2.45, 2.75) is 43.6 Å². The van der Waals surface area contributed by atoms with Crippen molar-refractivity contribution in [1.29, 1.82) is 0 Å². The van der Waals surface area contributed by atoms with Crippen LogP contribution in [0, 0.1) is 0 Å². The van der Waals surface area contributed by atoms with E-state index < -0.39 is 23.0 Å². The third-order valence-electron chi connectivity index (χ3n) is 3.62. The van der Waals surface area contributed by atoms with Gasteiger partial charge in [0.1, 0.15) is 5.25 Å². The Bertz CT molecular complexity index is 762. The summed E-state index contributed by atoms with van der Waals surface area (Å²) in [4.78, 5) is 15.9. The lowest BCUT2D eigenvalue weighted by Gasteiger charge is -2.17. The monoisotopic (exact) mass is 388 g/mol. The lowest BCUT2D eigenvalue weighted by Crippen LogP contribution is -2.18. The van der Waals surface area contributed by atoms with Crippen molar-refractivity contribution in [2.24, 2.45) is 0 Å². The van der Waals surface area contributed by atoms with E-state index in [0.29, 0.717) is 10.9 Å². The van der Waals surface area contributed by atoms with Crippen LogP contribution in [0.2, 0.25) is 0 Å². The number of alkyl halides is 3. The second-order valence-corrected chi connectivity index (χ2v) is 6.75. The molecule has 0 saturated heterocycles. The van der Waals surface area contributed by atoms with Gasteiger partial charge >= 0.3 is 12.1 Å². The largest absolute Gasteiger partial charge is 0.465 e. The summed E-state index contributed by atoms with van der Waals surface area (Å²) < 4.78 is 46.1. The Balaban J connectivity index is 2.33. The Morgan fingerprint density at radius 1 is 1.38 bits per heavy atom. The summed E-state index contributed by atoms with van der Waals surface area (Å²) in [6, 6.07) is 5.24. The van der Waals surface area contributed by atoms with Crippen LogP contribution in [0.4, 0.5) is 13.2 Å². The first kappa shape index (κ1) is 20.3. The molecule has 2 rings (SSSR count). The smallest absolute Gasteiger partial charge is 0.416 e. The van der Waals surface area contributed by atoms with Gasteiger partial charge in [0.25, 0.3) is 0 Å². The Kier molecular flexibility index (Phi) is 6.71. The average Bonchev–Trinajstić information content (AvgIpc) is 2.96. The first-order valence-electron chi connectivity index (χ1n) is 7.91. The molecule has 1 atom stereocenters. The van der Waals surface area contributed by atoms with Crippen molar-refractivity contribution in [1.82, 2.24) is 9.55 Å². The number of ether oxygens (including phenoxy) is 1. The van der Waals surface area contributed by atoms with Crippen LogP contribution in [0.3, 0.4) is 0 Å². The van der Waals surface area contributed by atoms with Crippen molar-refractivity contribution < 1.29 is 27.8 Å². The summed E-state index contributed by atoms with van der Waals surface area (Å²) in [7, 11) is 0. The minimum absolute atomic E-state index is 0.0540. The normalized spacial score (nSPS) is 12.8. The molecule has 0 saturated carbocycles. The quantitative estimate of drug-likeness (QED) is 0.581. The third-order valence-corrected chi connectivity index (χ3v) is 4.70. The Labute approximate surface area is 153 Å². The fraction of sp³-hybridized carbons (Fsp3) is 0.412. The fourth-order valence-corrected chi connectivity index (χ4v) is 3.26. The molecule has 0 aliphatic rings. The summed E-state index contributed by atoms with van der Waals surface area (Å²) >= 11 is 1.07. The third kappa shape index (κ3) is 4.79. The van der Waals surface area contributed by atoms with E-state index in [1.165, 1.54) is 29.0 Å². The molecular weight excluding hydrogens is 369 g/mol. The van der Waals surface area contributed by atoms with E-state index in [-0.39, 0.29) is 25.3 Å². The second kappa shape index (κ2) is 8.59. The molecule has 9 heteroatoms. The Hall–Kier alpha value is -2.00. The maximum Gasteiger partial charge on any atom is 0.416 e. The summed E-state index contributed by atoms with van der Waals surface area (Å²) in [6.45, 7) is 3.05. The number of rotatable bonds is 7. The molecule has 1 aromatic heterocycles. The SMILES string of the molecule is CCOC(=O)C(C)Sc1ncc(CO)n1Cc1ccccc1C(F)(F)F. The predicted molar refractivity (Wildman–Crippen MR) is 90.6 cm³/mol. The topological polar surface area (TPSA) is 64.3 Å². The molecule has 2 aromatic rings. The highest BCUT2D eigenvalue weighted by Crippen LogP contribution is 2.33. The van der Waals surface area contributed by atoms with Crippen molar-refractivity contribution in [3.05, 3.63) is 47.3 Å². The van der Waals surface area contributed by atoms with Gasteiger partial charge < -0.3 is 14.4 Å². The molecule has 0 aliphatic heterocycles. The van der Waals surface area contributed by atoms with Gasteiger partial charge in [-0.25, -0.2) is 4.98 Å². The van der Waals surface area contributed by atoms with Crippen LogP contribution >= 0.6 is 11.8 Å². The minimum atomic E-state index is -4.48. The van der Waals surface area contributed by atoms with E-state index in [0.717, 1.165) is 17.8 Å². The zero-order chi connectivity index (χ0) is 19.3. The van der Waals surface area contributed by atoms with E-state index >= 15 is 0 Å². The van der Waals surface area contributed by atoms with Crippen molar-refractivity contribution in [3.8, 4) is 0 Å². The molecule has 5 nitrogen and oxygen atoms in total. The van der Waals surface area contributed by atoms with Gasteiger partial charge in [-0.05, 0) is 25.5 Å². The number of carbonyl (C=O) groups excluding carboxylic acids is 1. The molecule has 1 heterocycles. The zero-order valence-electron chi connectivity index (χ0n) is 14.3. The number of nitrogens with zero attached hydrogens (tertiary/aromatic N) is 2. The van der Waals surface area contributed by atoms with Gasteiger partial charge in [-0.2, -0.15) is 13.2 Å². The van der Waals surface area contributed by atoms with Gasteiger partial charge in [0, 0.05) is 0 Å². The number of halogens is 3. The summed E-state index contributed by atoms with van der Waals surface area (Å²) in [5.74, 6) is -0.437. The first-order valence-corrected chi connectivity index (χ1v) is 8.79. The Morgan fingerprint density at radius 2 is 2.08 bits per heavy atom. The Morgan fingerprint density at radius 3 is 2.69 bits per heavy atom. The summed E-state index contributed by atoms with van der Waals surface area (Å²) in [6.07, 6.45) is -3.10. The average molecular weight is 388 g/mol. The number of aromatic nitrogens is 2. The number of imidazole rings is 1. The van der Waals surface area contributed by atoms with E-state index in [4.69, 9.17) is 4.74 Å². The predicted octanol–water partition coefficient (Wildman–Crippen LogP) is 3.49. The van der Waals surface area contributed by atoms with Crippen molar-refractivity contribution in [2.75, 3.05) is 6.61 Å². The summed E-state index contributed by atoms with van der Waals surface area (Å²) in [5.41, 5.74) is -0.328. The van der Waals surface area contributed by atoms with Crippen LogP contribution in [0.5, 0.6) is 0 Å². The molecule has 1 N–H and O–H groups in total. The lowest BCUT2D eigenvalue weighted by atomic mass is 10.1. The molecule has 0 bridgehead atoms. The standard InChI is InChI=1S/C17H19F3N2O3S/c1-3-25-15(24)11(2)26-16-21-8-13(10-23)22(16)9-12-6-4-5-7-14(12)17(18,19)20/h4-8,11,23H,3,9-10H2,1-2H3. The number of hydrogen-bond acceptors (Lipinski definition) is 5. The highest BCUT2D eigenvalue weighted by Gasteiger charge is 2.33. The van der Waals surface area contributed by atoms with Crippen LogP contribution in [0.15, 0.2) is 35.6 Å². The number of aliphatic hydroxyl groups excluding tert-OH is 1. The van der Waals surface area contributed by atoms with Gasteiger partial charge in [0.15, 0.2) is 5.16 Å². The molecule has 26 heavy (non-hydrogen) atoms. The fourth-order valence-electron chi connectivity index (χ4n) is 2.35. The molecule has 1 unspecified atom stereocenters. The molecular formula is C17H19F3N2O3S. The molecule has 1 aromatic carbocycles. The van der Waals surface area contributed by atoms with Crippen molar-refractivity contribution in [3.63, 3.8) is 0 Å². The highest BCUT2D eigenvalue weighted by molar-refractivity contribution is 8.00. The highest BCUT2D eigenvalue weighted by atomic mass is 32.2. The van der Waals surface area contributed by atoms with Gasteiger partial charge in [-0.1, -0.05) is 30.0 Å². The van der Waals surface area contributed by atoms with E-state index in [2.05, 4.69) is 4.98 Å².